The molecule has 0 spiro atoms. The van der Waals surface area contributed by atoms with Gasteiger partial charge in [0.25, 0.3) is 0 Å². The fourth-order valence-corrected chi connectivity index (χ4v) is 8.32. The van der Waals surface area contributed by atoms with Crippen molar-refractivity contribution in [1.82, 2.24) is 9.55 Å². The fourth-order valence-electron chi connectivity index (χ4n) is 8.32. The number of oxazole rings is 1. The molecule has 0 radical (unpaired) electrons. The minimum Gasteiger partial charge on any atom is -0.456 e. The third-order valence-corrected chi connectivity index (χ3v) is 10.8. The Morgan fingerprint density at radius 3 is 1.96 bits per heavy atom. The third-order valence-electron chi connectivity index (χ3n) is 10.8. The molecule has 0 aliphatic carbocycles. The first-order chi connectivity index (χ1) is 27.2. The normalized spacial score (nSPS) is 12.0. The van der Waals surface area contributed by atoms with Crippen LogP contribution in [0.3, 0.4) is 0 Å². The summed E-state index contributed by atoms with van der Waals surface area (Å²) in [6, 6.07) is 60.9. The molecule has 8 aromatic carbocycles. The van der Waals surface area contributed by atoms with Gasteiger partial charge in [-0.1, -0.05) is 91.0 Å². The van der Waals surface area contributed by atoms with Crippen LogP contribution in [0.4, 0.5) is 17.1 Å². The number of para-hydroxylation sites is 4. The van der Waals surface area contributed by atoms with Crippen molar-refractivity contribution < 1.29 is 13.3 Å². The van der Waals surface area contributed by atoms with E-state index in [1.165, 1.54) is 10.8 Å². The molecular formula is C49H29N3O3. The minimum absolute atomic E-state index is 0.587. The second-order valence-corrected chi connectivity index (χ2v) is 14.0. The van der Waals surface area contributed by atoms with Gasteiger partial charge in [-0.3, -0.25) is 0 Å². The number of aromatic nitrogens is 2. The summed E-state index contributed by atoms with van der Waals surface area (Å²) in [6.45, 7) is 0. The van der Waals surface area contributed by atoms with Crippen molar-refractivity contribution >= 4 is 93.8 Å². The van der Waals surface area contributed by atoms with Crippen LogP contribution < -0.4 is 4.90 Å². The van der Waals surface area contributed by atoms with Crippen molar-refractivity contribution in [3.8, 4) is 17.1 Å². The Bertz CT molecular complexity index is 3440. The Kier molecular flexibility index (Phi) is 6.24. The van der Waals surface area contributed by atoms with Gasteiger partial charge in [0.1, 0.15) is 22.3 Å². The van der Waals surface area contributed by atoms with E-state index in [4.69, 9.17) is 18.2 Å². The van der Waals surface area contributed by atoms with Gasteiger partial charge in [-0.05, 0) is 72.8 Å². The van der Waals surface area contributed by atoms with Crippen molar-refractivity contribution in [2.24, 2.45) is 0 Å². The van der Waals surface area contributed by atoms with Gasteiger partial charge in [-0.25, -0.2) is 4.98 Å². The highest BCUT2D eigenvalue weighted by Crippen LogP contribution is 2.46. The molecule has 0 fully saturated rings. The lowest BCUT2D eigenvalue weighted by atomic mass is 10.1. The van der Waals surface area contributed by atoms with Gasteiger partial charge in [-0.2, -0.15) is 0 Å². The molecule has 0 atom stereocenters. The van der Waals surface area contributed by atoms with Crippen molar-refractivity contribution in [3.05, 3.63) is 176 Å². The number of anilines is 3. The molecule has 6 heteroatoms. The smallest absolute Gasteiger partial charge is 0.227 e. The van der Waals surface area contributed by atoms with Crippen LogP contribution in [0.15, 0.2) is 189 Å². The summed E-state index contributed by atoms with van der Waals surface area (Å²) < 4.78 is 21.9. The third kappa shape index (κ3) is 4.52. The van der Waals surface area contributed by atoms with Crippen LogP contribution in [0.25, 0.3) is 93.9 Å². The zero-order valence-electron chi connectivity index (χ0n) is 29.3. The molecule has 4 heterocycles. The molecule has 4 aromatic heterocycles. The van der Waals surface area contributed by atoms with Crippen LogP contribution in [0.1, 0.15) is 0 Å². The maximum absolute atomic E-state index is 6.84. The van der Waals surface area contributed by atoms with E-state index in [0.29, 0.717) is 11.5 Å². The second kappa shape index (κ2) is 11.5. The van der Waals surface area contributed by atoms with Crippen molar-refractivity contribution in [2.45, 2.75) is 0 Å². The Labute approximate surface area is 313 Å². The van der Waals surface area contributed by atoms with Gasteiger partial charge in [-0.15, -0.1) is 0 Å². The standard InChI is InChI=1S/C49H29N3O3/c1-3-12-30(13-4-1)49-50-40-29-46-39(28-47(40)55-49)38-18-11-20-42(48(38)54-46)51(33-23-25-37-36-17-8-10-21-44(36)53-45(37)27-33)32-22-24-35-34-16-7-9-19-41(34)52(43(35)26-32)31-14-5-2-6-15-31/h1-29H. The SMILES string of the molecule is c1ccc(-c2nc3cc4oc5c(N(c6ccc7c(c6)oc6ccccc67)c6ccc7c8ccccc8n(-c8ccccc8)c7c6)cccc5c4cc3o2)cc1. The average molecular weight is 708 g/mol. The van der Waals surface area contributed by atoms with E-state index in [9.17, 15) is 0 Å². The number of hydrogen-bond donors (Lipinski definition) is 0. The Morgan fingerprint density at radius 1 is 0.418 bits per heavy atom. The summed E-state index contributed by atoms with van der Waals surface area (Å²) in [5.41, 5.74) is 11.8. The molecular weight excluding hydrogens is 679 g/mol. The lowest BCUT2D eigenvalue weighted by Gasteiger charge is -2.26. The molecule has 0 saturated heterocycles. The molecule has 6 nitrogen and oxygen atoms in total. The fraction of sp³-hybridized carbons (Fsp3) is 0. The highest BCUT2D eigenvalue weighted by atomic mass is 16.4. The molecule has 0 aliphatic rings. The van der Waals surface area contributed by atoms with E-state index in [-0.39, 0.29) is 0 Å². The van der Waals surface area contributed by atoms with Gasteiger partial charge >= 0.3 is 0 Å². The highest BCUT2D eigenvalue weighted by Gasteiger charge is 2.23. The first-order valence-corrected chi connectivity index (χ1v) is 18.4. The molecule has 0 unspecified atom stereocenters. The summed E-state index contributed by atoms with van der Waals surface area (Å²) >= 11 is 0. The number of fused-ring (bicyclic) bond motifs is 10. The van der Waals surface area contributed by atoms with E-state index >= 15 is 0 Å². The van der Waals surface area contributed by atoms with Gasteiger partial charge < -0.3 is 22.7 Å². The Balaban J connectivity index is 1.11. The molecule has 12 rings (SSSR count). The van der Waals surface area contributed by atoms with Crippen molar-refractivity contribution in [1.29, 1.82) is 0 Å². The van der Waals surface area contributed by atoms with E-state index in [1.807, 2.05) is 48.5 Å². The van der Waals surface area contributed by atoms with Gasteiger partial charge in [0.2, 0.25) is 5.89 Å². The van der Waals surface area contributed by atoms with Crippen LogP contribution in [0, 0.1) is 0 Å². The molecule has 0 amide bonds. The largest absolute Gasteiger partial charge is 0.456 e. The van der Waals surface area contributed by atoms with Crippen LogP contribution in [0.2, 0.25) is 0 Å². The quantitative estimate of drug-likeness (QED) is 0.178. The van der Waals surface area contributed by atoms with Gasteiger partial charge in [0.15, 0.2) is 11.2 Å². The Hall–Kier alpha value is -7.57. The monoisotopic (exact) mass is 707 g/mol. The van der Waals surface area contributed by atoms with E-state index in [0.717, 1.165) is 88.7 Å². The number of nitrogens with zero attached hydrogens (tertiary/aromatic N) is 3. The molecule has 0 N–H and O–H groups in total. The van der Waals surface area contributed by atoms with Crippen LogP contribution in [-0.4, -0.2) is 9.55 Å². The van der Waals surface area contributed by atoms with E-state index < -0.39 is 0 Å². The zero-order chi connectivity index (χ0) is 36.0. The lowest BCUT2D eigenvalue weighted by molar-refractivity contribution is 0.620. The molecule has 12 aromatic rings. The molecule has 55 heavy (non-hydrogen) atoms. The number of rotatable bonds is 5. The van der Waals surface area contributed by atoms with Gasteiger partial charge in [0.05, 0.1) is 22.4 Å². The first kappa shape index (κ1) is 29.9. The topological polar surface area (TPSA) is 60.5 Å². The number of benzene rings is 8. The molecule has 258 valence electrons. The summed E-state index contributed by atoms with van der Waals surface area (Å²) in [7, 11) is 0. The predicted molar refractivity (Wildman–Crippen MR) is 223 cm³/mol. The molecule has 0 aliphatic heterocycles. The van der Waals surface area contributed by atoms with Crippen molar-refractivity contribution in [2.75, 3.05) is 4.90 Å². The van der Waals surface area contributed by atoms with E-state index in [2.05, 4.69) is 137 Å². The van der Waals surface area contributed by atoms with Crippen LogP contribution in [-0.2, 0) is 0 Å². The second-order valence-electron chi connectivity index (χ2n) is 14.0. The first-order valence-electron chi connectivity index (χ1n) is 18.4. The van der Waals surface area contributed by atoms with Crippen LogP contribution in [0.5, 0.6) is 0 Å². The van der Waals surface area contributed by atoms with Crippen LogP contribution >= 0.6 is 0 Å². The number of furan rings is 2. The highest BCUT2D eigenvalue weighted by molar-refractivity contribution is 6.15. The maximum Gasteiger partial charge on any atom is 0.227 e. The average Bonchev–Trinajstić information content (AvgIpc) is 4.01. The molecule has 0 saturated carbocycles. The summed E-state index contributed by atoms with van der Waals surface area (Å²) in [4.78, 5) is 7.11. The predicted octanol–water partition coefficient (Wildman–Crippen LogP) is 13.9. The zero-order valence-corrected chi connectivity index (χ0v) is 29.3. The van der Waals surface area contributed by atoms with E-state index in [1.54, 1.807) is 0 Å². The summed E-state index contributed by atoms with van der Waals surface area (Å²) in [5.74, 6) is 0.587. The summed E-state index contributed by atoms with van der Waals surface area (Å²) in [6.07, 6.45) is 0. The maximum atomic E-state index is 6.84. The summed E-state index contributed by atoms with van der Waals surface area (Å²) in [5, 5.41) is 6.51. The van der Waals surface area contributed by atoms with Crippen molar-refractivity contribution in [3.63, 3.8) is 0 Å². The minimum atomic E-state index is 0.587. The lowest BCUT2D eigenvalue weighted by Crippen LogP contribution is -2.10. The van der Waals surface area contributed by atoms with Gasteiger partial charge in [0, 0.05) is 61.4 Å². The Morgan fingerprint density at radius 2 is 1.09 bits per heavy atom. The molecule has 0 bridgehead atoms. The number of hydrogen-bond acceptors (Lipinski definition) is 5.